The average molecular weight is 278 g/mol. The van der Waals surface area contributed by atoms with Crippen LogP contribution in [0.2, 0.25) is 0 Å². The molecule has 2 aromatic rings. The summed E-state index contributed by atoms with van der Waals surface area (Å²) in [4.78, 5) is 28.5. The second kappa shape index (κ2) is 5.10. The Balaban J connectivity index is 1.76. The smallest absolute Gasteiger partial charge is 0.323 e. The Labute approximate surface area is 113 Å². The molecule has 1 saturated heterocycles. The molecule has 1 aliphatic heterocycles. The Kier molecular flexibility index (Phi) is 3.31. The summed E-state index contributed by atoms with van der Waals surface area (Å²) in [6.45, 7) is 0.854. The van der Waals surface area contributed by atoms with E-state index in [1.807, 2.05) is 0 Å². The molecule has 1 aliphatic rings. The predicted octanol–water partition coefficient (Wildman–Crippen LogP) is 0.500. The van der Waals surface area contributed by atoms with Gasteiger partial charge >= 0.3 is 5.69 Å². The molecule has 100 valence electrons. The third-order valence-electron chi connectivity index (χ3n) is 3.02. The molecule has 1 atom stereocenters. The van der Waals surface area contributed by atoms with Crippen LogP contribution in [-0.2, 0) is 4.79 Å². The lowest BCUT2D eigenvalue weighted by molar-refractivity contribution is -0.117. The molecule has 0 spiro atoms. The van der Waals surface area contributed by atoms with Crippen LogP contribution in [-0.4, -0.2) is 40.0 Å². The zero-order valence-corrected chi connectivity index (χ0v) is 11.0. The molecule has 6 nitrogen and oxygen atoms in total. The van der Waals surface area contributed by atoms with Gasteiger partial charge in [0.15, 0.2) is 0 Å². The number of hydrogen-bond donors (Lipinski definition) is 4. The van der Waals surface area contributed by atoms with Crippen molar-refractivity contribution < 1.29 is 4.79 Å². The van der Waals surface area contributed by atoms with Crippen molar-refractivity contribution in [3.8, 4) is 0 Å². The maximum atomic E-state index is 12.0. The van der Waals surface area contributed by atoms with E-state index in [1.54, 1.807) is 30.0 Å². The van der Waals surface area contributed by atoms with Crippen LogP contribution in [0.3, 0.4) is 0 Å². The van der Waals surface area contributed by atoms with Gasteiger partial charge in [-0.2, -0.15) is 11.8 Å². The molecule has 1 aromatic carbocycles. The molecule has 19 heavy (non-hydrogen) atoms. The van der Waals surface area contributed by atoms with E-state index in [0.717, 1.165) is 23.6 Å². The molecule has 1 unspecified atom stereocenters. The maximum Gasteiger partial charge on any atom is 0.323 e. The summed E-state index contributed by atoms with van der Waals surface area (Å²) in [7, 11) is 0. The average Bonchev–Trinajstić information content (AvgIpc) is 2.79. The van der Waals surface area contributed by atoms with Gasteiger partial charge in [0, 0.05) is 23.7 Å². The van der Waals surface area contributed by atoms with Crippen LogP contribution in [0.4, 0.5) is 5.69 Å². The summed E-state index contributed by atoms with van der Waals surface area (Å²) in [5.74, 6) is 1.79. The zero-order chi connectivity index (χ0) is 13.2. The number of H-pyrrole nitrogens is 2. The summed E-state index contributed by atoms with van der Waals surface area (Å²) in [5, 5.41) is 6.05. The second-order valence-corrected chi connectivity index (χ2v) is 5.56. The van der Waals surface area contributed by atoms with Gasteiger partial charge in [0.25, 0.3) is 0 Å². The number of aromatic amines is 2. The van der Waals surface area contributed by atoms with Crippen LogP contribution in [0.15, 0.2) is 23.0 Å². The number of rotatable bonds is 2. The Hall–Kier alpha value is -1.73. The summed E-state index contributed by atoms with van der Waals surface area (Å²) < 4.78 is 0. The van der Waals surface area contributed by atoms with E-state index in [2.05, 4.69) is 20.6 Å². The van der Waals surface area contributed by atoms with E-state index in [1.165, 1.54) is 0 Å². The first kappa shape index (κ1) is 12.3. The number of amides is 1. The molecule has 1 amide bonds. The van der Waals surface area contributed by atoms with Crippen molar-refractivity contribution >= 4 is 34.4 Å². The van der Waals surface area contributed by atoms with Gasteiger partial charge in [-0.15, -0.1) is 0 Å². The largest absolute Gasteiger partial charge is 0.325 e. The SMILES string of the molecule is O=C(Nc1ccc2[nH]c(=O)[nH]c2c1)C1CSCCN1. The maximum absolute atomic E-state index is 12.0. The number of hydrogen-bond acceptors (Lipinski definition) is 4. The van der Waals surface area contributed by atoms with Crippen LogP contribution in [0.1, 0.15) is 0 Å². The van der Waals surface area contributed by atoms with Crippen LogP contribution in [0.25, 0.3) is 11.0 Å². The van der Waals surface area contributed by atoms with E-state index in [0.29, 0.717) is 11.2 Å². The van der Waals surface area contributed by atoms with E-state index in [9.17, 15) is 9.59 Å². The second-order valence-electron chi connectivity index (χ2n) is 4.41. The number of carbonyl (C=O) groups is 1. The van der Waals surface area contributed by atoms with Crippen LogP contribution in [0, 0.1) is 0 Å². The summed E-state index contributed by atoms with van der Waals surface area (Å²) >= 11 is 1.77. The lowest BCUT2D eigenvalue weighted by atomic mass is 10.2. The van der Waals surface area contributed by atoms with E-state index >= 15 is 0 Å². The zero-order valence-electron chi connectivity index (χ0n) is 10.2. The van der Waals surface area contributed by atoms with Gasteiger partial charge in [-0.3, -0.25) is 4.79 Å². The Morgan fingerprint density at radius 3 is 2.95 bits per heavy atom. The Morgan fingerprint density at radius 2 is 2.16 bits per heavy atom. The monoisotopic (exact) mass is 278 g/mol. The van der Waals surface area contributed by atoms with Gasteiger partial charge in [0.1, 0.15) is 0 Å². The van der Waals surface area contributed by atoms with Crippen molar-refractivity contribution in [3.05, 3.63) is 28.7 Å². The predicted molar refractivity (Wildman–Crippen MR) is 76.7 cm³/mol. The molecule has 0 bridgehead atoms. The van der Waals surface area contributed by atoms with Crippen molar-refractivity contribution in [1.82, 2.24) is 15.3 Å². The normalized spacial score (nSPS) is 19.5. The highest BCUT2D eigenvalue weighted by Crippen LogP contribution is 2.16. The van der Waals surface area contributed by atoms with E-state index in [-0.39, 0.29) is 17.6 Å². The number of fused-ring (bicyclic) bond motifs is 1. The highest BCUT2D eigenvalue weighted by Gasteiger charge is 2.20. The van der Waals surface area contributed by atoms with E-state index < -0.39 is 0 Å². The first-order valence-corrected chi connectivity index (χ1v) is 7.22. The van der Waals surface area contributed by atoms with Crippen molar-refractivity contribution in [1.29, 1.82) is 0 Å². The van der Waals surface area contributed by atoms with Crippen molar-refractivity contribution in [3.63, 3.8) is 0 Å². The summed E-state index contributed by atoms with van der Waals surface area (Å²) in [6.07, 6.45) is 0. The first-order valence-electron chi connectivity index (χ1n) is 6.06. The van der Waals surface area contributed by atoms with Gasteiger partial charge in [-0.25, -0.2) is 4.79 Å². The molecule has 7 heteroatoms. The van der Waals surface area contributed by atoms with Crippen molar-refractivity contribution in [2.75, 3.05) is 23.4 Å². The fourth-order valence-electron chi connectivity index (χ4n) is 2.07. The molecule has 4 N–H and O–H groups in total. The Morgan fingerprint density at radius 1 is 1.32 bits per heavy atom. The highest BCUT2D eigenvalue weighted by molar-refractivity contribution is 7.99. The minimum absolute atomic E-state index is 0.0376. The molecular weight excluding hydrogens is 264 g/mol. The quantitative estimate of drug-likeness (QED) is 0.644. The minimum atomic E-state index is -0.246. The third kappa shape index (κ3) is 2.66. The standard InChI is InChI=1S/C12H14N4O2S/c17-11(10-6-19-4-3-13-10)14-7-1-2-8-9(5-7)16-12(18)15-8/h1-2,5,10,13H,3-4,6H2,(H,14,17)(H2,15,16,18). The molecule has 1 aromatic heterocycles. The lowest BCUT2D eigenvalue weighted by Crippen LogP contribution is -2.46. The molecule has 0 radical (unpaired) electrons. The van der Waals surface area contributed by atoms with Gasteiger partial charge < -0.3 is 20.6 Å². The summed E-state index contributed by atoms with van der Waals surface area (Å²) in [5.41, 5.74) is 1.86. The number of anilines is 1. The van der Waals surface area contributed by atoms with Crippen LogP contribution >= 0.6 is 11.8 Å². The Bertz CT molecular complexity index is 657. The van der Waals surface area contributed by atoms with Gasteiger partial charge in [0.05, 0.1) is 17.1 Å². The van der Waals surface area contributed by atoms with Gasteiger partial charge in [-0.1, -0.05) is 0 Å². The summed E-state index contributed by atoms with van der Waals surface area (Å²) in [6, 6.07) is 5.15. The van der Waals surface area contributed by atoms with Crippen molar-refractivity contribution in [2.45, 2.75) is 6.04 Å². The number of benzene rings is 1. The molecule has 3 rings (SSSR count). The van der Waals surface area contributed by atoms with Gasteiger partial charge in [0.2, 0.25) is 5.91 Å². The van der Waals surface area contributed by atoms with Crippen molar-refractivity contribution in [2.24, 2.45) is 0 Å². The number of aromatic nitrogens is 2. The molecule has 1 fully saturated rings. The first-order chi connectivity index (χ1) is 9.22. The van der Waals surface area contributed by atoms with E-state index in [4.69, 9.17) is 0 Å². The number of imidazole rings is 1. The number of carbonyl (C=O) groups excluding carboxylic acids is 1. The molecule has 0 saturated carbocycles. The molecule has 0 aliphatic carbocycles. The molecule has 2 heterocycles. The lowest BCUT2D eigenvalue weighted by Gasteiger charge is -2.22. The number of nitrogens with one attached hydrogen (secondary N) is 4. The fraction of sp³-hybridized carbons (Fsp3) is 0.333. The highest BCUT2D eigenvalue weighted by atomic mass is 32.2. The molecular formula is C12H14N4O2S. The van der Waals surface area contributed by atoms with Gasteiger partial charge in [-0.05, 0) is 18.2 Å². The minimum Gasteiger partial charge on any atom is -0.325 e. The number of thioether (sulfide) groups is 1. The van der Waals surface area contributed by atoms with Crippen LogP contribution in [0.5, 0.6) is 0 Å². The topological polar surface area (TPSA) is 89.8 Å². The fourth-order valence-corrected chi connectivity index (χ4v) is 3.01. The van der Waals surface area contributed by atoms with Crippen LogP contribution < -0.4 is 16.3 Å². The third-order valence-corrected chi connectivity index (χ3v) is 4.08.